The molecular weight excluding hydrogens is 170 g/mol. The number of aliphatic carboxylic acids is 1. The quantitative estimate of drug-likeness (QED) is 0.604. The first-order chi connectivity index (χ1) is 6.17. The van der Waals surface area contributed by atoms with Gasteiger partial charge in [0.15, 0.2) is 0 Å². The highest BCUT2D eigenvalue weighted by Gasteiger charge is 2.54. The number of nitrogens with two attached hydrogens (primary N) is 1. The molecule has 1 saturated carbocycles. The molecule has 2 rings (SSSR count). The predicted molar refractivity (Wildman–Crippen MR) is 45.1 cm³/mol. The molecule has 1 unspecified atom stereocenters. The summed E-state index contributed by atoms with van der Waals surface area (Å²) in [5.74, 6) is -0.267. The third-order valence-electron chi connectivity index (χ3n) is 2.62. The molecular formula is C8H11N3O2. The van der Waals surface area contributed by atoms with E-state index in [1.54, 1.807) is 12.4 Å². The van der Waals surface area contributed by atoms with E-state index in [2.05, 4.69) is 9.97 Å². The van der Waals surface area contributed by atoms with Gasteiger partial charge in [-0.15, -0.1) is 0 Å². The number of imidazole rings is 1. The van der Waals surface area contributed by atoms with Crippen LogP contribution in [0, 0.1) is 0 Å². The summed E-state index contributed by atoms with van der Waals surface area (Å²) in [6, 6.07) is -0.848. The maximum atomic E-state index is 10.7. The van der Waals surface area contributed by atoms with Crippen LogP contribution in [0.15, 0.2) is 12.4 Å². The molecule has 0 aliphatic heterocycles. The number of nitrogens with zero attached hydrogens (tertiary/aromatic N) is 1. The summed E-state index contributed by atoms with van der Waals surface area (Å²) in [7, 11) is 0. The molecule has 0 spiro atoms. The number of rotatable bonds is 3. The summed E-state index contributed by atoms with van der Waals surface area (Å²) in [5.41, 5.74) is 5.15. The third-order valence-corrected chi connectivity index (χ3v) is 2.62. The number of hydrogen-bond acceptors (Lipinski definition) is 3. The van der Waals surface area contributed by atoms with Gasteiger partial charge in [0, 0.05) is 12.4 Å². The Morgan fingerprint density at radius 1 is 1.77 bits per heavy atom. The Kier molecular flexibility index (Phi) is 1.63. The molecule has 4 N–H and O–H groups in total. The van der Waals surface area contributed by atoms with Gasteiger partial charge in [-0.05, 0) is 12.8 Å². The lowest BCUT2D eigenvalue weighted by Gasteiger charge is -2.16. The van der Waals surface area contributed by atoms with Crippen LogP contribution in [0.25, 0.3) is 0 Å². The molecule has 1 aliphatic carbocycles. The highest BCUT2D eigenvalue weighted by molar-refractivity contribution is 5.76. The first-order valence-electron chi connectivity index (χ1n) is 4.15. The van der Waals surface area contributed by atoms with Crippen molar-refractivity contribution < 1.29 is 9.90 Å². The van der Waals surface area contributed by atoms with Gasteiger partial charge in [0.05, 0.1) is 5.41 Å². The van der Waals surface area contributed by atoms with Crippen molar-refractivity contribution in [2.24, 2.45) is 5.73 Å². The fraction of sp³-hybridized carbons (Fsp3) is 0.500. The molecule has 0 amide bonds. The summed E-state index contributed by atoms with van der Waals surface area (Å²) >= 11 is 0. The molecule has 13 heavy (non-hydrogen) atoms. The molecule has 5 heteroatoms. The van der Waals surface area contributed by atoms with Crippen LogP contribution in [0.5, 0.6) is 0 Å². The molecule has 1 heterocycles. The number of aromatic nitrogens is 2. The van der Waals surface area contributed by atoms with Crippen LogP contribution in [-0.2, 0) is 10.2 Å². The summed E-state index contributed by atoms with van der Waals surface area (Å²) in [4.78, 5) is 17.7. The van der Waals surface area contributed by atoms with Crippen molar-refractivity contribution in [3.8, 4) is 0 Å². The highest BCUT2D eigenvalue weighted by Crippen LogP contribution is 2.48. The fourth-order valence-corrected chi connectivity index (χ4v) is 1.60. The number of carbonyl (C=O) groups is 1. The van der Waals surface area contributed by atoms with Gasteiger partial charge in [0.25, 0.3) is 0 Å². The van der Waals surface area contributed by atoms with Gasteiger partial charge >= 0.3 is 5.97 Å². The topological polar surface area (TPSA) is 92.0 Å². The molecule has 0 saturated heterocycles. The van der Waals surface area contributed by atoms with Crippen molar-refractivity contribution in [3.05, 3.63) is 18.2 Å². The molecule has 0 bridgehead atoms. The molecule has 70 valence electrons. The minimum absolute atomic E-state index is 0.435. The standard InChI is InChI=1S/C8H11N3O2/c9-5(6(12)13)8(1-2-8)7-10-3-4-11-7/h3-5H,1-2,9H2,(H,10,11)(H,12,13). The Balaban J connectivity index is 2.27. The van der Waals surface area contributed by atoms with E-state index >= 15 is 0 Å². The molecule has 1 fully saturated rings. The van der Waals surface area contributed by atoms with E-state index in [0.717, 1.165) is 12.8 Å². The van der Waals surface area contributed by atoms with Crippen LogP contribution in [0.3, 0.4) is 0 Å². The molecule has 1 aromatic rings. The van der Waals surface area contributed by atoms with E-state index in [1.165, 1.54) is 0 Å². The fourth-order valence-electron chi connectivity index (χ4n) is 1.60. The smallest absolute Gasteiger partial charge is 0.321 e. The van der Waals surface area contributed by atoms with Crippen molar-refractivity contribution in [3.63, 3.8) is 0 Å². The zero-order valence-electron chi connectivity index (χ0n) is 7.03. The molecule has 0 radical (unpaired) electrons. The first-order valence-corrected chi connectivity index (χ1v) is 4.15. The lowest BCUT2D eigenvalue weighted by Crippen LogP contribution is -2.42. The first kappa shape index (κ1) is 8.25. The van der Waals surface area contributed by atoms with E-state index in [1.807, 2.05) is 0 Å². The third kappa shape index (κ3) is 1.12. The molecule has 0 aromatic carbocycles. The van der Waals surface area contributed by atoms with Crippen LogP contribution >= 0.6 is 0 Å². The maximum Gasteiger partial charge on any atom is 0.321 e. The number of H-pyrrole nitrogens is 1. The van der Waals surface area contributed by atoms with E-state index < -0.39 is 17.4 Å². The molecule has 5 nitrogen and oxygen atoms in total. The van der Waals surface area contributed by atoms with E-state index in [9.17, 15) is 4.79 Å². The Hall–Kier alpha value is -1.36. The van der Waals surface area contributed by atoms with Gasteiger partial charge < -0.3 is 15.8 Å². The van der Waals surface area contributed by atoms with Gasteiger partial charge in [-0.3, -0.25) is 4.79 Å². The van der Waals surface area contributed by atoms with E-state index in [4.69, 9.17) is 10.8 Å². The van der Waals surface area contributed by atoms with Crippen molar-refractivity contribution in [2.45, 2.75) is 24.3 Å². The number of aromatic amines is 1. The molecule has 1 aromatic heterocycles. The predicted octanol–water partition coefficient (Wildman–Crippen LogP) is -0.147. The molecule has 1 atom stereocenters. The average Bonchev–Trinajstić information content (AvgIpc) is 2.72. The van der Waals surface area contributed by atoms with Crippen molar-refractivity contribution in [1.82, 2.24) is 9.97 Å². The van der Waals surface area contributed by atoms with Gasteiger partial charge in [-0.2, -0.15) is 0 Å². The van der Waals surface area contributed by atoms with Crippen LogP contribution in [-0.4, -0.2) is 27.1 Å². The highest BCUT2D eigenvalue weighted by atomic mass is 16.4. The van der Waals surface area contributed by atoms with Gasteiger partial charge in [0.1, 0.15) is 11.9 Å². The average molecular weight is 181 g/mol. The largest absolute Gasteiger partial charge is 0.480 e. The van der Waals surface area contributed by atoms with Crippen molar-refractivity contribution in [2.75, 3.05) is 0 Å². The second-order valence-corrected chi connectivity index (χ2v) is 3.41. The normalized spacial score (nSPS) is 21.0. The van der Waals surface area contributed by atoms with Gasteiger partial charge in [-0.25, -0.2) is 4.98 Å². The zero-order valence-corrected chi connectivity index (χ0v) is 7.03. The Morgan fingerprint density at radius 2 is 2.46 bits per heavy atom. The number of carboxylic acids is 1. The van der Waals surface area contributed by atoms with Crippen LogP contribution in [0.4, 0.5) is 0 Å². The lowest BCUT2D eigenvalue weighted by atomic mass is 9.96. The van der Waals surface area contributed by atoms with Crippen molar-refractivity contribution >= 4 is 5.97 Å². The Bertz CT molecular complexity index is 316. The summed E-state index contributed by atoms with van der Waals surface area (Å²) in [6.45, 7) is 0. The lowest BCUT2D eigenvalue weighted by molar-refractivity contribution is -0.139. The summed E-state index contributed by atoms with van der Waals surface area (Å²) < 4.78 is 0. The number of hydrogen-bond donors (Lipinski definition) is 3. The van der Waals surface area contributed by atoms with Crippen LogP contribution in [0.2, 0.25) is 0 Å². The second-order valence-electron chi connectivity index (χ2n) is 3.41. The van der Waals surface area contributed by atoms with E-state index in [0.29, 0.717) is 5.82 Å². The maximum absolute atomic E-state index is 10.7. The Labute approximate surface area is 75.0 Å². The van der Waals surface area contributed by atoms with Gasteiger partial charge in [0.2, 0.25) is 0 Å². The second kappa shape index (κ2) is 2.56. The molecule has 1 aliphatic rings. The SMILES string of the molecule is NC(C(=O)O)C1(c2ncc[nH]2)CC1. The van der Waals surface area contributed by atoms with E-state index in [-0.39, 0.29) is 0 Å². The van der Waals surface area contributed by atoms with Crippen LogP contribution in [0.1, 0.15) is 18.7 Å². The van der Waals surface area contributed by atoms with Crippen LogP contribution < -0.4 is 5.73 Å². The van der Waals surface area contributed by atoms with Crippen molar-refractivity contribution in [1.29, 1.82) is 0 Å². The monoisotopic (exact) mass is 181 g/mol. The minimum atomic E-state index is -0.964. The number of nitrogens with one attached hydrogen (secondary N) is 1. The summed E-state index contributed by atoms with van der Waals surface area (Å²) in [6.07, 6.45) is 4.90. The Morgan fingerprint density at radius 3 is 2.85 bits per heavy atom. The van der Waals surface area contributed by atoms with Gasteiger partial charge in [-0.1, -0.05) is 0 Å². The number of carboxylic acid groups (broad SMARTS) is 1. The summed E-state index contributed by atoms with van der Waals surface area (Å²) in [5, 5.41) is 8.79. The zero-order chi connectivity index (χ0) is 9.47. The minimum Gasteiger partial charge on any atom is -0.480 e.